The molecule has 0 radical (unpaired) electrons. The second-order valence-electron chi connectivity index (χ2n) is 8.17. The van der Waals surface area contributed by atoms with E-state index in [0.29, 0.717) is 13.0 Å². The van der Waals surface area contributed by atoms with Crippen molar-refractivity contribution in [3.8, 4) is 0 Å². The molecule has 2 aliphatic heterocycles. The molecule has 7 heteroatoms. The van der Waals surface area contributed by atoms with Gasteiger partial charge in [-0.2, -0.15) is 0 Å². The van der Waals surface area contributed by atoms with Crippen molar-refractivity contribution in [2.24, 2.45) is 0 Å². The fourth-order valence-electron chi connectivity index (χ4n) is 3.88. The molecule has 0 saturated carbocycles. The van der Waals surface area contributed by atoms with Crippen LogP contribution >= 0.6 is 0 Å². The van der Waals surface area contributed by atoms with Crippen molar-refractivity contribution in [1.29, 1.82) is 0 Å². The molecule has 0 unspecified atom stereocenters. The van der Waals surface area contributed by atoms with Gasteiger partial charge in [-0.3, -0.25) is 15.0 Å². The number of nitrogens with one attached hydrogen (secondary N) is 2. The molecular formula is C23H35N5O2. The third-order valence-corrected chi connectivity index (χ3v) is 5.68. The maximum absolute atomic E-state index is 12.3. The Labute approximate surface area is 180 Å². The molecule has 0 aromatic heterocycles. The van der Waals surface area contributed by atoms with Gasteiger partial charge in [0.2, 0.25) is 11.8 Å². The summed E-state index contributed by atoms with van der Waals surface area (Å²) >= 11 is 0. The Morgan fingerprint density at radius 1 is 1.07 bits per heavy atom. The van der Waals surface area contributed by atoms with Crippen LogP contribution in [0.1, 0.15) is 37.3 Å². The number of nitrogens with zero attached hydrogens (tertiary/aromatic N) is 3. The summed E-state index contributed by atoms with van der Waals surface area (Å²) in [5, 5.41) is 4.37. The van der Waals surface area contributed by atoms with Crippen LogP contribution < -0.4 is 10.7 Å². The van der Waals surface area contributed by atoms with Gasteiger partial charge < -0.3 is 15.1 Å². The molecule has 1 aromatic rings. The Morgan fingerprint density at radius 2 is 1.73 bits per heavy atom. The second-order valence-corrected chi connectivity index (χ2v) is 8.17. The highest BCUT2D eigenvalue weighted by Gasteiger charge is 2.22. The van der Waals surface area contributed by atoms with Gasteiger partial charge >= 0.3 is 0 Å². The second kappa shape index (κ2) is 11.1. The predicted molar refractivity (Wildman–Crippen MR) is 119 cm³/mol. The van der Waals surface area contributed by atoms with E-state index >= 15 is 0 Å². The molecule has 0 atom stereocenters. The smallest absolute Gasteiger partial charge is 0.245 e. The summed E-state index contributed by atoms with van der Waals surface area (Å²) in [7, 11) is 0. The molecule has 7 nitrogen and oxygen atoms in total. The van der Waals surface area contributed by atoms with E-state index in [2.05, 4.69) is 27.5 Å². The fourth-order valence-corrected chi connectivity index (χ4v) is 3.88. The number of aryl methyl sites for hydroxylation is 1. The summed E-state index contributed by atoms with van der Waals surface area (Å²) in [6.07, 6.45) is 4.31. The van der Waals surface area contributed by atoms with Gasteiger partial charge in [-0.05, 0) is 44.5 Å². The van der Waals surface area contributed by atoms with Gasteiger partial charge in [0.15, 0.2) is 0 Å². The first-order valence-corrected chi connectivity index (χ1v) is 11.1. The summed E-state index contributed by atoms with van der Waals surface area (Å²) in [4.78, 5) is 29.5. The van der Waals surface area contributed by atoms with E-state index in [-0.39, 0.29) is 18.4 Å². The number of hydrogen-bond donors (Lipinski definition) is 2. The highest BCUT2D eigenvalue weighted by atomic mass is 16.2. The van der Waals surface area contributed by atoms with Gasteiger partial charge in [0, 0.05) is 39.1 Å². The van der Waals surface area contributed by atoms with Crippen molar-refractivity contribution >= 4 is 17.5 Å². The molecule has 1 aromatic carbocycles. The molecule has 0 aliphatic carbocycles. The van der Waals surface area contributed by atoms with Crippen LogP contribution in [0, 0.1) is 6.92 Å². The average molecular weight is 414 g/mol. The van der Waals surface area contributed by atoms with Crippen LogP contribution in [-0.2, 0) is 9.59 Å². The van der Waals surface area contributed by atoms with E-state index in [9.17, 15) is 9.59 Å². The molecule has 0 bridgehead atoms. The predicted octanol–water partition coefficient (Wildman–Crippen LogP) is 1.61. The SMILES string of the molecule is CCCN1CCN(CCCNC(=O)CN2NC(c3ccc(C)cc3)=CCC2=O)CC1. The normalized spacial score (nSPS) is 18.1. The molecule has 2 heterocycles. The lowest BCUT2D eigenvalue weighted by atomic mass is 10.1. The van der Waals surface area contributed by atoms with E-state index in [0.717, 1.165) is 50.4 Å². The van der Waals surface area contributed by atoms with Gasteiger partial charge in [-0.15, -0.1) is 0 Å². The Balaban J connectivity index is 1.36. The number of amides is 2. The summed E-state index contributed by atoms with van der Waals surface area (Å²) in [5.41, 5.74) is 6.16. The van der Waals surface area contributed by atoms with Gasteiger partial charge in [0.05, 0.1) is 5.70 Å². The van der Waals surface area contributed by atoms with Crippen LogP contribution in [0.5, 0.6) is 0 Å². The molecule has 1 saturated heterocycles. The number of carbonyl (C=O) groups excluding carboxylic acids is 2. The first-order valence-electron chi connectivity index (χ1n) is 11.1. The molecule has 2 amide bonds. The van der Waals surface area contributed by atoms with Crippen molar-refractivity contribution in [1.82, 2.24) is 25.6 Å². The van der Waals surface area contributed by atoms with Crippen molar-refractivity contribution < 1.29 is 9.59 Å². The Kier molecular flexibility index (Phi) is 8.28. The number of piperazine rings is 1. The minimum absolute atomic E-state index is 0.0255. The maximum Gasteiger partial charge on any atom is 0.245 e. The zero-order valence-corrected chi connectivity index (χ0v) is 18.3. The number of rotatable bonds is 9. The van der Waals surface area contributed by atoms with Crippen LogP contribution in [0.15, 0.2) is 30.3 Å². The van der Waals surface area contributed by atoms with Crippen molar-refractivity contribution in [2.45, 2.75) is 33.1 Å². The monoisotopic (exact) mass is 413 g/mol. The van der Waals surface area contributed by atoms with Crippen molar-refractivity contribution in [3.63, 3.8) is 0 Å². The molecule has 0 spiro atoms. The average Bonchev–Trinajstić information content (AvgIpc) is 2.75. The van der Waals surface area contributed by atoms with E-state index in [1.807, 2.05) is 37.3 Å². The first kappa shape index (κ1) is 22.3. The first-order chi connectivity index (χ1) is 14.5. The lowest BCUT2D eigenvalue weighted by molar-refractivity contribution is -0.137. The number of hydrogen-bond acceptors (Lipinski definition) is 5. The topological polar surface area (TPSA) is 67.9 Å². The molecule has 3 rings (SSSR count). The third kappa shape index (κ3) is 6.57. The van der Waals surface area contributed by atoms with Crippen LogP contribution in [0.25, 0.3) is 5.70 Å². The van der Waals surface area contributed by atoms with E-state index in [1.54, 1.807) is 0 Å². The molecule has 1 fully saturated rings. The van der Waals surface area contributed by atoms with Gasteiger partial charge in [0.1, 0.15) is 6.54 Å². The van der Waals surface area contributed by atoms with Crippen LogP contribution in [0.2, 0.25) is 0 Å². The quantitative estimate of drug-likeness (QED) is 0.602. The lowest BCUT2D eigenvalue weighted by Crippen LogP contribution is -2.49. The highest BCUT2D eigenvalue weighted by molar-refractivity contribution is 5.88. The van der Waals surface area contributed by atoms with Crippen molar-refractivity contribution in [2.75, 3.05) is 52.4 Å². The largest absolute Gasteiger partial charge is 0.354 e. The minimum Gasteiger partial charge on any atom is -0.354 e. The number of carbonyl (C=O) groups is 2. The maximum atomic E-state index is 12.3. The van der Waals surface area contributed by atoms with Gasteiger partial charge in [0.25, 0.3) is 0 Å². The van der Waals surface area contributed by atoms with Gasteiger partial charge in [-0.25, -0.2) is 5.01 Å². The molecule has 164 valence electrons. The molecule has 2 aliphatic rings. The zero-order chi connectivity index (χ0) is 21.3. The minimum atomic E-state index is -0.131. The Hall–Kier alpha value is -2.38. The van der Waals surface area contributed by atoms with E-state index in [1.165, 1.54) is 23.5 Å². The van der Waals surface area contributed by atoms with E-state index < -0.39 is 0 Å². The van der Waals surface area contributed by atoms with Crippen LogP contribution in [0.3, 0.4) is 0 Å². The van der Waals surface area contributed by atoms with Crippen LogP contribution in [0.4, 0.5) is 0 Å². The van der Waals surface area contributed by atoms with Gasteiger partial charge in [-0.1, -0.05) is 36.8 Å². The molecule has 2 N–H and O–H groups in total. The highest BCUT2D eigenvalue weighted by Crippen LogP contribution is 2.17. The Bertz CT molecular complexity index is 738. The standard InChI is InChI=1S/C23H35N5O2/c1-3-12-26-14-16-27(17-15-26)13-4-11-24-22(29)18-28-23(30)10-9-21(25-28)20-7-5-19(2)6-8-20/h5-9,25H,3-4,10-18H2,1-2H3,(H,24,29). The third-order valence-electron chi connectivity index (χ3n) is 5.68. The number of hydrazine groups is 1. The summed E-state index contributed by atoms with van der Waals surface area (Å²) < 4.78 is 0. The fraction of sp³-hybridized carbons (Fsp3) is 0.565. The molecular weight excluding hydrogens is 378 g/mol. The van der Waals surface area contributed by atoms with E-state index in [4.69, 9.17) is 0 Å². The van der Waals surface area contributed by atoms with Crippen LogP contribution in [-0.4, -0.2) is 79.0 Å². The lowest BCUT2D eigenvalue weighted by Gasteiger charge is -2.34. The van der Waals surface area contributed by atoms with Crippen molar-refractivity contribution in [3.05, 3.63) is 41.5 Å². The summed E-state index contributed by atoms with van der Waals surface area (Å²) in [6.45, 7) is 11.6. The molecule has 30 heavy (non-hydrogen) atoms. The summed E-state index contributed by atoms with van der Waals surface area (Å²) in [5.74, 6) is -0.222. The number of benzene rings is 1. The summed E-state index contributed by atoms with van der Waals surface area (Å²) in [6, 6.07) is 8.11. The Morgan fingerprint density at radius 3 is 2.40 bits per heavy atom. The zero-order valence-electron chi connectivity index (χ0n) is 18.3.